The van der Waals surface area contributed by atoms with E-state index in [4.69, 9.17) is 10.5 Å². The second-order valence-corrected chi connectivity index (χ2v) is 4.74. The van der Waals surface area contributed by atoms with E-state index in [1.807, 2.05) is 0 Å². The number of nitrogens with zero attached hydrogens (tertiary/aromatic N) is 1. The lowest BCUT2D eigenvalue weighted by molar-refractivity contribution is 0.0224. The molecule has 2 fully saturated rings. The molecule has 86 valence electrons. The molecule has 3 heteroatoms. The van der Waals surface area contributed by atoms with E-state index >= 15 is 0 Å². The predicted molar refractivity (Wildman–Crippen MR) is 62.0 cm³/mol. The Labute approximate surface area is 92.1 Å². The monoisotopic (exact) mass is 210 g/mol. The Hall–Kier alpha value is -0.570. The molecule has 0 aromatic carbocycles. The van der Waals surface area contributed by atoms with E-state index in [-0.39, 0.29) is 0 Å². The van der Waals surface area contributed by atoms with Gasteiger partial charge in [-0.05, 0) is 32.1 Å². The van der Waals surface area contributed by atoms with Crippen molar-refractivity contribution in [3.8, 4) is 0 Å². The molecule has 0 spiro atoms. The third kappa shape index (κ3) is 3.20. The molecule has 0 aromatic heterocycles. The van der Waals surface area contributed by atoms with Crippen molar-refractivity contribution in [1.82, 2.24) is 0 Å². The molecule has 0 radical (unpaired) electrons. The van der Waals surface area contributed by atoms with Crippen LogP contribution in [0.5, 0.6) is 0 Å². The first-order valence-electron chi connectivity index (χ1n) is 6.27. The van der Waals surface area contributed by atoms with Gasteiger partial charge in [0.05, 0.1) is 18.5 Å². The van der Waals surface area contributed by atoms with Crippen LogP contribution in [0.25, 0.3) is 0 Å². The quantitative estimate of drug-likeness (QED) is 0.573. The van der Waals surface area contributed by atoms with Crippen LogP contribution in [0.2, 0.25) is 0 Å². The minimum atomic E-state index is 0.332. The van der Waals surface area contributed by atoms with Crippen LogP contribution in [-0.4, -0.2) is 25.1 Å². The van der Waals surface area contributed by atoms with Gasteiger partial charge in [0.2, 0.25) is 0 Å². The fourth-order valence-corrected chi connectivity index (χ4v) is 2.51. The molecule has 15 heavy (non-hydrogen) atoms. The van der Waals surface area contributed by atoms with Crippen molar-refractivity contribution in [3.63, 3.8) is 0 Å². The van der Waals surface area contributed by atoms with Crippen LogP contribution >= 0.6 is 0 Å². The van der Waals surface area contributed by atoms with Gasteiger partial charge in [0.1, 0.15) is 0 Å². The van der Waals surface area contributed by atoms with Crippen LogP contribution in [0.1, 0.15) is 44.9 Å². The molecule has 3 nitrogen and oxygen atoms in total. The molecule has 2 aliphatic rings. The molecule has 0 bridgehead atoms. The van der Waals surface area contributed by atoms with Crippen LogP contribution in [0, 0.1) is 5.92 Å². The van der Waals surface area contributed by atoms with Gasteiger partial charge in [0.25, 0.3) is 0 Å². The molecule has 1 aliphatic carbocycles. The fraction of sp³-hybridized carbons (Fsp3) is 0.917. The van der Waals surface area contributed by atoms with Crippen molar-refractivity contribution in [2.24, 2.45) is 16.6 Å². The van der Waals surface area contributed by atoms with Gasteiger partial charge in [-0.1, -0.05) is 12.8 Å². The Bertz CT molecular complexity index is 216. The normalized spacial score (nSPS) is 29.6. The topological polar surface area (TPSA) is 47.6 Å². The average Bonchev–Trinajstić information content (AvgIpc) is 2.81. The molecule has 0 aromatic rings. The maximum Gasteiger partial charge on any atom is 0.0969 e. The standard InChI is InChI=1S/C12H22N2O/c13-12(10-5-1-2-6-10)14-9-11-7-3-4-8-15-11/h10-11H,1-9H2,(H2,13,14). The van der Waals surface area contributed by atoms with Crippen molar-refractivity contribution in [2.45, 2.75) is 51.0 Å². The van der Waals surface area contributed by atoms with Gasteiger partial charge in [-0.2, -0.15) is 0 Å². The van der Waals surface area contributed by atoms with Gasteiger partial charge in [-0.3, -0.25) is 4.99 Å². The van der Waals surface area contributed by atoms with Crippen LogP contribution in [0.3, 0.4) is 0 Å². The van der Waals surface area contributed by atoms with E-state index in [1.54, 1.807) is 0 Å². The summed E-state index contributed by atoms with van der Waals surface area (Å²) in [7, 11) is 0. The largest absolute Gasteiger partial charge is 0.387 e. The molecule has 2 N–H and O–H groups in total. The maximum atomic E-state index is 5.99. The number of ether oxygens (including phenoxy) is 1. The van der Waals surface area contributed by atoms with Crippen molar-refractivity contribution >= 4 is 5.84 Å². The van der Waals surface area contributed by atoms with Gasteiger partial charge >= 0.3 is 0 Å². The third-order valence-electron chi connectivity index (χ3n) is 3.52. The lowest BCUT2D eigenvalue weighted by Gasteiger charge is -2.21. The van der Waals surface area contributed by atoms with Gasteiger partial charge in [-0.15, -0.1) is 0 Å². The van der Waals surface area contributed by atoms with Crippen LogP contribution in [0.15, 0.2) is 4.99 Å². The summed E-state index contributed by atoms with van der Waals surface area (Å²) in [6.07, 6.45) is 9.09. The summed E-state index contributed by atoms with van der Waals surface area (Å²) in [5, 5.41) is 0. The Balaban J connectivity index is 1.76. The lowest BCUT2D eigenvalue weighted by atomic mass is 10.1. The molecule has 2 rings (SSSR count). The van der Waals surface area contributed by atoms with E-state index in [0.717, 1.165) is 25.4 Å². The summed E-state index contributed by atoms with van der Waals surface area (Å²) >= 11 is 0. The first kappa shape index (κ1) is 10.9. The summed E-state index contributed by atoms with van der Waals surface area (Å²) in [6.45, 7) is 1.69. The Morgan fingerprint density at radius 3 is 2.53 bits per heavy atom. The summed E-state index contributed by atoms with van der Waals surface area (Å²) in [5.41, 5.74) is 5.99. The summed E-state index contributed by atoms with van der Waals surface area (Å²) in [6, 6.07) is 0. The fourth-order valence-electron chi connectivity index (χ4n) is 2.51. The molecule has 1 heterocycles. The Kier molecular flexibility index (Phi) is 4.01. The molecule has 0 amide bonds. The van der Waals surface area contributed by atoms with E-state index in [0.29, 0.717) is 12.0 Å². The number of hydrogen-bond donors (Lipinski definition) is 1. The second kappa shape index (κ2) is 5.50. The van der Waals surface area contributed by atoms with E-state index in [9.17, 15) is 0 Å². The van der Waals surface area contributed by atoms with Gasteiger partial charge in [-0.25, -0.2) is 0 Å². The molecule has 1 unspecified atom stereocenters. The molecule has 1 atom stereocenters. The number of rotatable bonds is 3. The van der Waals surface area contributed by atoms with E-state index in [2.05, 4.69) is 4.99 Å². The smallest absolute Gasteiger partial charge is 0.0969 e. The van der Waals surface area contributed by atoms with E-state index < -0.39 is 0 Å². The molecule has 1 saturated carbocycles. The molecular formula is C12H22N2O. The number of hydrogen-bond acceptors (Lipinski definition) is 2. The Morgan fingerprint density at radius 2 is 1.87 bits per heavy atom. The first-order chi connectivity index (χ1) is 7.36. The highest BCUT2D eigenvalue weighted by Gasteiger charge is 2.19. The Morgan fingerprint density at radius 1 is 1.13 bits per heavy atom. The van der Waals surface area contributed by atoms with E-state index in [1.165, 1.54) is 38.5 Å². The van der Waals surface area contributed by atoms with Gasteiger partial charge in [0.15, 0.2) is 0 Å². The first-order valence-corrected chi connectivity index (χ1v) is 6.27. The van der Waals surface area contributed by atoms with Crippen LogP contribution in [0.4, 0.5) is 0 Å². The van der Waals surface area contributed by atoms with Gasteiger partial charge in [0, 0.05) is 12.5 Å². The lowest BCUT2D eigenvalue weighted by Crippen LogP contribution is -2.26. The minimum Gasteiger partial charge on any atom is -0.387 e. The summed E-state index contributed by atoms with van der Waals surface area (Å²) in [5.74, 6) is 1.44. The highest BCUT2D eigenvalue weighted by Crippen LogP contribution is 2.24. The molecular weight excluding hydrogens is 188 g/mol. The van der Waals surface area contributed by atoms with Crippen LogP contribution < -0.4 is 5.73 Å². The zero-order chi connectivity index (χ0) is 10.5. The minimum absolute atomic E-state index is 0.332. The van der Waals surface area contributed by atoms with Crippen molar-refractivity contribution in [2.75, 3.05) is 13.2 Å². The van der Waals surface area contributed by atoms with Gasteiger partial charge < -0.3 is 10.5 Å². The molecule has 1 saturated heterocycles. The molecule has 1 aliphatic heterocycles. The second-order valence-electron chi connectivity index (χ2n) is 4.74. The maximum absolute atomic E-state index is 5.99. The third-order valence-corrected chi connectivity index (χ3v) is 3.52. The average molecular weight is 210 g/mol. The zero-order valence-corrected chi connectivity index (χ0v) is 9.45. The number of nitrogens with two attached hydrogens (primary N) is 1. The van der Waals surface area contributed by atoms with Crippen LogP contribution in [-0.2, 0) is 4.74 Å². The van der Waals surface area contributed by atoms with Crippen molar-refractivity contribution in [3.05, 3.63) is 0 Å². The SMILES string of the molecule is NC(=NCC1CCCCO1)C1CCCC1. The summed E-state index contributed by atoms with van der Waals surface area (Å²) in [4.78, 5) is 4.50. The predicted octanol–water partition coefficient (Wildman–Crippen LogP) is 2.10. The number of amidine groups is 1. The number of aliphatic imine (C=N–C) groups is 1. The highest BCUT2D eigenvalue weighted by atomic mass is 16.5. The highest BCUT2D eigenvalue weighted by molar-refractivity contribution is 5.83. The van der Waals surface area contributed by atoms with Crippen molar-refractivity contribution in [1.29, 1.82) is 0 Å². The summed E-state index contributed by atoms with van der Waals surface area (Å²) < 4.78 is 5.63. The van der Waals surface area contributed by atoms with Crippen molar-refractivity contribution < 1.29 is 4.74 Å². The zero-order valence-electron chi connectivity index (χ0n) is 9.45.